The Hall–Kier alpha value is -2.60. The smallest absolute Gasteiger partial charge is 0.252 e. The number of halogens is 1. The molecule has 6 nitrogen and oxygen atoms in total. The quantitative estimate of drug-likeness (QED) is 0.728. The van der Waals surface area contributed by atoms with Gasteiger partial charge in [-0.1, -0.05) is 17.7 Å². The molecule has 4 rings (SSSR count). The Morgan fingerprint density at radius 2 is 2.08 bits per heavy atom. The zero-order valence-electron chi connectivity index (χ0n) is 14.6. The van der Waals surface area contributed by atoms with E-state index >= 15 is 0 Å². The van der Waals surface area contributed by atoms with E-state index in [1.807, 2.05) is 36.7 Å². The van der Waals surface area contributed by atoms with Crippen LogP contribution < -0.4 is 10.9 Å². The van der Waals surface area contributed by atoms with Gasteiger partial charge in [0.25, 0.3) is 5.56 Å². The third-order valence-electron chi connectivity index (χ3n) is 5.22. The molecule has 26 heavy (non-hydrogen) atoms. The molecule has 0 aliphatic carbocycles. The average molecular weight is 371 g/mol. The van der Waals surface area contributed by atoms with Crippen molar-refractivity contribution in [2.75, 3.05) is 6.54 Å². The Labute approximate surface area is 155 Å². The standard InChI is InChI=1S/C19H19ClN4O2/c1-19(6-3-7-21-18(19)26)12-4-5-14(23-17(12)25)11-8-13(20)16-15(9-11)22-10-24(16)2/h4-5,8-10H,3,6-7H2,1-2H3,(H,21,26)(H,23,25). The molecular weight excluding hydrogens is 352 g/mol. The van der Waals surface area contributed by atoms with Gasteiger partial charge < -0.3 is 14.9 Å². The van der Waals surface area contributed by atoms with Gasteiger partial charge in [-0.15, -0.1) is 0 Å². The number of pyridine rings is 1. The zero-order chi connectivity index (χ0) is 18.5. The second-order valence-corrected chi connectivity index (χ2v) is 7.39. The topological polar surface area (TPSA) is 79.8 Å². The Morgan fingerprint density at radius 3 is 2.81 bits per heavy atom. The van der Waals surface area contributed by atoms with E-state index < -0.39 is 5.41 Å². The maximum atomic E-state index is 12.7. The molecule has 1 fully saturated rings. The molecule has 3 heterocycles. The van der Waals surface area contributed by atoms with Gasteiger partial charge in [0, 0.05) is 30.4 Å². The van der Waals surface area contributed by atoms with Crippen LogP contribution in [0.5, 0.6) is 0 Å². The molecule has 0 spiro atoms. The highest BCUT2D eigenvalue weighted by Gasteiger charge is 2.39. The third kappa shape index (κ3) is 2.52. The Bertz CT molecular complexity index is 1080. The van der Waals surface area contributed by atoms with Crippen molar-refractivity contribution in [2.45, 2.75) is 25.2 Å². The van der Waals surface area contributed by atoms with E-state index in [0.717, 1.165) is 23.0 Å². The van der Waals surface area contributed by atoms with E-state index in [-0.39, 0.29) is 11.5 Å². The number of aryl methyl sites for hydroxylation is 1. The number of aromatic amines is 1. The largest absolute Gasteiger partial charge is 0.355 e. The lowest BCUT2D eigenvalue weighted by molar-refractivity contribution is -0.128. The number of H-pyrrole nitrogens is 1. The fraction of sp³-hybridized carbons (Fsp3) is 0.316. The Balaban J connectivity index is 1.79. The van der Waals surface area contributed by atoms with Crippen molar-refractivity contribution in [1.29, 1.82) is 0 Å². The van der Waals surface area contributed by atoms with E-state index in [1.54, 1.807) is 12.4 Å². The number of carbonyl (C=O) groups is 1. The molecule has 1 aliphatic rings. The number of aromatic nitrogens is 3. The summed E-state index contributed by atoms with van der Waals surface area (Å²) in [7, 11) is 1.88. The summed E-state index contributed by atoms with van der Waals surface area (Å²) in [6.45, 7) is 2.48. The lowest BCUT2D eigenvalue weighted by atomic mass is 9.76. The predicted molar refractivity (Wildman–Crippen MR) is 101 cm³/mol. The average Bonchev–Trinajstić information content (AvgIpc) is 2.99. The highest BCUT2D eigenvalue weighted by molar-refractivity contribution is 6.35. The van der Waals surface area contributed by atoms with E-state index in [2.05, 4.69) is 15.3 Å². The number of amides is 1. The number of rotatable bonds is 2. The minimum absolute atomic E-state index is 0.0973. The van der Waals surface area contributed by atoms with Crippen LogP contribution in [0, 0.1) is 0 Å². The van der Waals surface area contributed by atoms with E-state index in [4.69, 9.17) is 11.6 Å². The molecule has 1 aromatic carbocycles. The van der Waals surface area contributed by atoms with Crippen LogP contribution in [0.15, 0.2) is 35.4 Å². The van der Waals surface area contributed by atoms with Crippen LogP contribution in [0.2, 0.25) is 5.02 Å². The van der Waals surface area contributed by atoms with Crippen LogP contribution in [0.3, 0.4) is 0 Å². The van der Waals surface area contributed by atoms with Crippen molar-refractivity contribution in [2.24, 2.45) is 7.05 Å². The molecule has 1 saturated heterocycles. The fourth-order valence-corrected chi connectivity index (χ4v) is 4.03. The maximum absolute atomic E-state index is 12.7. The van der Waals surface area contributed by atoms with Gasteiger partial charge in [-0.05, 0) is 38.0 Å². The number of fused-ring (bicyclic) bond motifs is 1. The molecule has 7 heteroatoms. The van der Waals surface area contributed by atoms with Gasteiger partial charge in [0.2, 0.25) is 5.91 Å². The van der Waals surface area contributed by atoms with Gasteiger partial charge in [0.1, 0.15) is 0 Å². The molecule has 0 saturated carbocycles. The summed E-state index contributed by atoms with van der Waals surface area (Å²) in [6, 6.07) is 7.27. The summed E-state index contributed by atoms with van der Waals surface area (Å²) in [5, 5.41) is 3.43. The Morgan fingerprint density at radius 1 is 1.27 bits per heavy atom. The summed E-state index contributed by atoms with van der Waals surface area (Å²) in [6.07, 6.45) is 3.22. The monoisotopic (exact) mass is 370 g/mol. The molecule has 3 aromatic rings. The molecule has 2 N–H and O–H groups in total. The van der Waals surface area contributed by atoms with Gasteiger partial charge in [0.15, 0.2) is 0 Å². The number of nitrogens with one attached hydrogen (secondary N) is 2. The summed E-state index contributed by atoms with van der Waals surface area (Å²) >= 11 is 6.39. The number of nitrogens with zero attached hydrogens (tertiary/aromatic N) is 2. The number of piperidine rings is 1. The minimum atomic E-state index is -0.799. The highest BCUT2D eigenvalue weighted by atomic mass is 35.5. The van der Waals surface area contributed by atoms with Crippen LogP contribution in [0.25, 0.3) is 22.3 Å². The van der Waals surface area contributed by atoms with Crippen molar-refractivity contribution in [3.63, 3.8) is 0 Å². The lowest BCUT2D eigenvalue weighted by Crippen LogP contribution is -2.49. The van der Waals surface area contributed by atoms with Crippen molar-refractivity contribution >= 4 is 28.5 Å². The minimum Gasteiger partial charge on any atom is -0.355 e. The van der Waals surface area contributed by atoms with Crippen molar-refractivity contribution in [1.82, 2.24) is 19.9 Å². The van der Waals surface area contributed by atoms with Crippen LogP contribution in [0.1, 0.15) is 25.3 Å². The first-order chi connectivity index (χ1) is 12.4. The molecular formula is C19H19ClN4O2. The normalized spacial score (nSPS) is 20.3. The number of hydrogen-bond acceptors (Lipinski definition) is 3. The predicted octanol–water partition coefficient (Wildman–Crippen LogP) is 2.75. The van der Waals surface area contributed by atoms with E-state index in [9.17, 15) is 9.59 Å². The first kappa shape index (κ1) is 16.8. The van der Waals surface area contributed by atoms with Gasteiger partial charge in [-0.2, -0.15) is 0 Å². The molecule has 0 bridgehead atoms. The summed E-state index contributed by atoms with van der Waals surface area (Å²) in [5.41, 5.74) is 2.48. The SMILES string of the molecule is Cn1cnc2cc(-c3ccc(C4(C)CCCNC4=O)c(=O)[nH]3)cc(Cl)c21. The first-order valence-electron chi connectivity index (χ1n) is 8.53. The number of imidazole rings is 1. The molecule has 1 aliphatic heterocycles. The summed E-state index contributed by atoms with van der Waals surface area (Å²) < 4.78 is 1.86. The van der Waals surface area contributed by atoms with Crippen molar-refractivity contribution < 1.29 is 4.79 Å². The second-order valence-electron chi connectivity index (χ2n) is 6.99. The molecule has 0 radical (unpaired) electrons. The molecule has 1 unspecified atom stereocenters. The molecule has 1 amide bonds. The van der Waals surface area contributed by atoms with Gasteiger partial charge in [0.05, 0.1) is 27.8 Å². The van der Waals surface area contributed by atoms with Crippen molar-refractivity contribution in [3.8, 4) is 11.3 Å². The van der Waals surface area contributed by atoms with Crippen LogP contribution in [-0.2, 0) is 17.3 Å². The third-order valence-corrected chi connectivity index (χ3v) is 5.51. The zero-order valence-corrected chi connectivity index (χ0v) is 15.4. The maximum Gasteiger partial charge on any atom is 0.252 e. The summed E-state index contributed by atoms with van der Waals surface area (Å²) in [4.78, 5) is 32.3. The van der Waals surface area contributed by atoms with Gasteiger partial charge >= 0.3 is 0 Å². The number of carbonyl (C=O) groups excluding carboxylic acids is 1. The van der Waals surface area contributed by atoms with Crippen LogP contribution in [-0.4, -0.2) is 27.0 Å². The Kier molecular flexibility index (Phi) is 3.88. The summed E-state index contributed by atoms with van der Waals surface area (Å²) in [5.74, 6) is -0.0973. The van der Waals surface area contributed by atoms with Crippen LogP contribution >= 0.6 is 11.6 Å². The van der Waals surface area contributed by atoms with Crippen molar-refractivity contribution in [3.05, 3.63) is 51.5 Å². The van der Waals surface area contributed by atoms with E-state index in [0.29, 0.717) is 29.2 Å². The second kappa shape index (κ2) is 5.99. The van der Waals surface area contributed by atoms with Gasteiger partial charge in [-0.3, -0.25) is 9.59 Å². The molecule has 2 aromatic heterocycles. The lowest BCUT2D eigenvalue weighted by Gasteiger charge is -2.32. The number of benzene rings is 1. The number of hydrogen-bond donors (Lipinski definition) is 2. The fourth-order valence-electron chi connectivity index (χ4n) is 3.68. The van der Waals surface area contributed by atoms with E-state index in [1.165, 1.54) is 0 Å². The van der Waals surface area contributed by atoms with Gasteiger partial charge in [-0.25, -0.2) is 4.98 Å². The molecule has 134 valence electrons. The molecule has 1 atom stereocenters. The highest BCUT2D eigenvalue weighted by Crippen LogP contribution is 2.32. The van der Waals surface area contributed by atoms with Crippen LogP contribution in [0.4, 0.5) is 0 Å². The first-order valence-corrected chi connectivity index (χ1v) is 8.91.